The van der Waals surface area contributed by atoms with Crippen LogP contribution in [0.25, 0.3) is 17.1 Å². The topological polar surface area (TPSA) is 69.6 Å². The van der Waals surface area contributed by atoms with E-state index >= 15 is 0 Å². The predicted molar refractivity (Wildman–Crippen MR) is 73.7 cm³/mol. The molecule has 0 aliphatic heterocycles. The summed E-state index contributed by atoms with van der Waals surface area (Å²) >= 11 is 0. The van der Waals surface area contributed by atoms with E-state index in [0.717, 1.165) is 16.9 Å². The number of nitrogen functional groups attached to an aromatic ring is 1. The molecule has 3 rings (SSSR count). The molecule has 0 unspecified atom stereocenters. The van der Waals surface area contributed by atoms with Crippen LogP contribution in [0.3, 0.4) is 0 Å². The number of anilines is 1. The second kappa shape index (κ2) is 4.53. The lowest BCUT2D eigenvalue weighted by atomic mass is 10.2. The third-order valence-electron chi connectivity index (χ3n) is 2.86. The number of aromatic nitrogens is 4. The summed E-state index contributed by atoms with van der Waals surface area (Å²) in [6.07, 6.45) is 1.71. The van der Waals surface area contributed by atoms with Crippen molar-refractivity contribution < 1.29 is 0 Å². The number of nitrogens with zero attached hydrogens (tertiary/aromatic N) is 4. The number of aryl methyl sites for hydroxylation is 1. The molecule has 2 aromatic heterocycles. The van der Waals surface area contributed by atoms with E-state index in [2.05, 4.69) is 15.3 Å². The Morgan fingerprint density at radius 2 is 2.00 bits per heavy atom. The van der Waals surface area contributed by atoms with Gasteiger partial charge in [0.05, 0.1) is 11.4 Å². The molecule has 2 heterocycles. The Kier molecular flexibility index (Phi) is 2.72. The quantitative estimate of drug-likeness (QED) is 0.758. The van der Waals surface area contributed by atoms with Crippen LogP contribution in [0.5, 0.6) is 0 Å². The summed E-state index contributed by atoms with van der Waals surface area (Å²) in [4.78, 5) is 4.24. The smallest absolute Gasteiger partial charge is 0.157 e. The summed E-state index contributed by atoms with van der Waals surface area (Å²) in [5.74, 6) is 0.490. The molecule has 3 aromatic rings. The van der Waals surface area contributed by atoms with Crippen LogP contribution in [0.15, 0.2) is 48.7 Å². The van der Waals surface area contributed by atoms with Crippen LogP contribution in [0, 0.1) is 6.92 Å². The Hall–Kier alpha value is -2.69. The zero-order valence-corrected chi connectivity index (χ0v) is 10.5. The number of benzene rings is 1. The van der Waals surface area contributed by atoms with E-state index in [1.807, 2.05) is 49.4 Å². The predicted octanol–water partition coefficient (Wildman–Crippen LogP) is 2.22. The minimum atomic E-state index is 0.490. The van der Waals surface area contributed by atoms with Crippen molar-refractivity contribution in [2.45, 2.75) is 6.92 Å². The van der Waals surface area contributed by atoms with Crippen LogP contribution in [0.4, 0.5) is 5.82 Å². The molecule has 94 valence electrons. The Morgan fingerprint density at radius 1 is 1.11 bits per heavy atom. The molecule has 0 bridgehead atoms. The number of rotatable bonds is 2. The zero-order chi connectivity index (χ0) is 13.2. The van der Waals surface area contributed by atoms with E-state index in [9.17, 15) is 0 Å². The molecular weight excluding hydrogens is 238 g/mol. The Balaban J connectivity index is 2.09. The van der Waals surface area contributed by atoms with Crippen molar-refractivity contribution in [2.75, 3.05) is 5.73 Å². The highest BCUT2D eigenvalue weighted by molar-refractivity contribution is 5.67. The third kappa shape index (κ3) is 2.06. The summed E-state index contributed by atoms with van der Waals surface area (Å²) < 4.78 is 1.62. The molecule has 0 aliphatic carbocycles. The van der Waals surface area contributed by atoms with Gasteiger partial charge in [0.1, 0.15) is 0 Å². The van der Waals surface area contributed by atoms with E-state index in [-0.39, 0.29) is 0 Å². The van der Waals surface area contributed by atoms with Crippen molar-refractivity contribution in [2.24, 2.45) is 0 Å². The van der Waals surface area contributed by atoms with E-state index < -0.39 is 0 Å². The van der Waals surface area contributed by atoms with Gasteiger partial charge in [0.25, 0.3) is 0 Å². The lowest BCUT2D eigenvalue weighted by molar-refractivity contribution is 0.809. The molecule has 0 aliphatic rings. The molecule has 5 heteroatoms. The van der Waals surface area contributed by atoms with Gasteiger partial charge in [0, 0.05) is 6.20 Å². The van der Waals surface area contributed by atoms with Gasteiger partial charge in [0.2, 0.25) is 0 Å². The van der Waals surface area contributed by atoms with Crippen LogP contribution in [0.1, 0.15) is 5.56 Å². The van der Waals surface area contributed by atoms with E-state index in [1.165, 1.54) is 0 Å². The van der Waals surface area contributed by atoms with Crippen molar-refractivity contribution >= 4 is 5.82 Å². The molecule has 0 atom stereocenters. The van der Waals surface area contributed by atoms with Crippen LogP contribution in [-0.2, 0) is 0 Å². The second-order valence-electron chi connectivity index (χ2n) is 4.29. The van der Waals surface area contributed by atoms with E-state index in [1.54, 1.807) is 10.9 Å². The van der Waals surface area contributed by atoms with Crippen LogP contribution < -0.4 is 5.73 Å². The zero-order valence-electron chi connectivity index (χ0n) is 10.5. The molecule has 2 N–H and O–H groups in total. The lowest BCUT2D eigenvalue weighted by Gasteiger charge is -2.04. The first-order chi connectivity index (χ1) is 9.25. The Morgan fingerprint density at radius 3 is 2.74 bits per heavy atom. The number of hydrogen-bond acceptors (Lipinski definition) is 4. The Labute approximate surface area is 110 Å². The minimum absolute atomic E-state index is 0.490. The molecule has 1 aromatic carbocycles. The molecule has 0 spiro atoms. The fraction of sp³-hybridized carbons (Fsp3) is 0.0714. The van der Waals surface area contributed by atoms with Crippen molar-refractivity contribution in [3.63, 3.8) is 0 Å². The van der Waals surface area contributed by atoms with Crippen LogP contribution in [0.2, 0.25) is 0 Å². The first-order valence-corrected chi connectivity index (χ1v) is 5.95. The number of nitrogens with two attached hydrogens (primary N) is 1. The molecule has 0 saturated carbocycles. The maximum atomic E-state index is 6.12. The largest absolute Gasteiger partial charge is 0.382 e. The number of pyridine rings is 1. The van der Waals surface area contributed by atoms with Crippen molar-refractivity contribution in [1.82, 2.24) is 20.0 Å². The third-order valence-corrected chi connectivity index (χ3v) is 2.86. The van der Waals surface area contributed by atoms with Gasteiger partial charge in [-0.1, -0.05) is 23.4 Å². The molecule has 0 radical (unpaired) electrons. The fourth-order valence-electron chi connectivity index (χ4n) is 1.92. The maximum absolute atomic E-state index is 6.12. The summed E-state index contributed by atoms with van der Waals surface area (Å²) in [5.41, 5.74) is 9.48. The van der Waals surface area contributed by atoms with Crippen LogP contribution >= 0.6 is 0 Å². The van der Waals surface area contributed by atoms with Gasteiger partial charge in [0.15, 0.2) is 11.5 Å². The van der Waals surface area contributed by atoms with Gasteiger partial charge in [-0.3, -0.25) is 4.98 Å². The molecule has 19 heavy (non-hydrogen) atoms. The van der Waals surface area contributed by atoms with E-state index in [0.29, 0.717) is 11.5 Å². The van der Waals surface area contributed by atoms with Crippen molar-refractivity contribution in [1.29, 1.82) is 0 Å². The normalized spacial score (nSPS) is 10.6. The highest BCUT2D eigenvalue weighted by atomic mass is 15.5. The average molecular weight is 251 g/mol. The summed E-state index contributed by atoms with van der Waals surface area (Å²) in [6.45, 7) is 2.02. The molecule has 5 nitrogen and oxygen atoms in total. The van der Waals surface area contributed by atoms with Crippen molar-refractivity contribution in [3.05, 3.63) is 54.2 Å². The second-order valence-corrected chi connectivity index (χ2v) is 4.29. The van der Waals surface area contributed by atoms with Gasteiger partial charge >= 0.3 is 0 Å². The van der Waals surface area contributed by atoms with E-state index in [4.69, 9.17) is 5.73 Å². The fourth-order valence-corrected chi connectivity index (χ4v) is 1.92. The summed E-state index contributed by atoms with van der Waals surface area (Å²) in [5, 5.41) is 8.22. The summed E-state index contributed by atoms with van der Waals surface area (Å²) in [6, 6.07) is 13.6. The van der Waals surface area contributed by atoms with Crippen LogP contribution in [-0.4, -0.2) is 20.0 Å². The molecule has 0 saturated heterocycles. The standard InChI is InChI=1S/C14H13N5/c1-10-5-4-6-11(9-10)19-14(15)13(17-18-19)12-7-2-3-8-16-12/h2-9H,15H2,1H3. The van der Waals surface area contributed by atoms with Crippen molar-refractivity contribution in [3.8, 4) is 17.1 Å². The highest BCUT2D eigenvalue weighted by Crippen LogP contribution is 2.23. The Bertz CT molecular complexity index is 703. The minimum Gasteiger partial charge on any atom is -0.382 e. The molecule has 0 fully saturated rings. The maximum Gasteiger partial charge on any atom is 0.157 e. The van der Waals surface area contributed by atoms with Gasteiger partial charge < -0.3 is 5.73 Å². The molecular formula is C14H13N5. The SMILES string of the molecule is Cc1cccc(-n2nnc(-c3ccccn3)c2N)c1. The average Bonchev–Trinajstić information content (AvgIpc) is 2.81. The number of hydrogen-bond donors (Lipinski definition) is 1. The molecule has 0 amide bonds. The first-order valence-electron chi connectivity index (χ1n) is 5.95. The highest BCUT2D eigenvalue weighted by Gasteiger charge is 2.13. The summed E-state index contributed by atoms with van der Waals surface area (Å²) in [7, 11) is 0. The van der Waals surface area contributed by atoms with Gasteiger partial charge in [-0.25, -0.2) is 0 Å². The first kappa shape index (κ1) is 11.4. The lowest BCUT2D eigenvalue weighted by Crippen LogP contribution is -2.02. The monoisotopic (exact) mass is 251 g/mol. The van der Waals surface area contributed by atoms with Gasteiger partial charge in [-0.2, -0.15) is 4.68 Å². The van der Waals surface area contributed by atoms with Gasteiger partial charge in [-0.15, -0.1) is 5.10 Å². The van der Waals surface area contributed by atoms with Gasteiger partial charge in [-0.05, 0) is 36.8 Å².